The molecule has 0 aromatic heterocycles. The predicted octanol–water partition coefficient (Wildman–Crippen LogP) is 0.966. The van der Waals surface area contributed by atoms with Crippen LogP contribution in [0.15, 0.2) is 18.2 Å². The van der Waals surface area contributed by atoms with Crippen LogP contribution in [0.25, 0.3) is 0 Å². The molecule has 1 aliphatic heterocycles. The number of anilines is 2. The van der Waals surface area contributed by atoms with Crippen LogP contribution in [0.4, 0.5) is 11.4 Å². The molecule has 1 amide bonds. The molecule has 0 saturated carbocycles. The fraction of sp³-hybridized carbons (Fsp3) is 0.417. The van der Waals surface area contributed by atoms with E-state index in [0.717, 1.165) is 18.7 Å². The highest BCUT2D eigenvalue weighted by molar-refractivity contribution is 5.91. The summed E-state index contributed by atoms with van der Waals surface area (Å²) in [7, 11) is 2.08. The summed E-state index contributed by atoms with van der Waals surface area (Å²) in [5, 5.41) is 2.85. The van der Waals surface area contributed by atoms with Crippen molar-refractivity contribution in [3.63, 3.8) is 0 Å². The maximum absolute atomic E-state index is 11.4. The van der Waals surface area contributed by atoms with Gasteiger partial charge in [-0.3, -0.25) is 4.79 Å². The molecule has 1 aliphatic rings. The van der Waals surface area contributed by atoms with E-state index in [4.69, 9.17) is 5.73 Å². The van der Waals surface area contributed by atoms with E-state index in [1.54, 1.807) is 0 Å². The first-order valence-electron chi connectivity index (χ1n) is 5.54. The predicted molar refractivity (Wildman–Crippen MR) is 65.7 cm³/mol. The molecule has 1 heterocycles. The Hall–Kier alpha value is -1.55. The molecule has 16 heavy (non-hydrogen) atoms. The first kappa shape index (κ1) is 11.0. The van der Waals surface area contributed by atoms with E-state index in [-0.39, 0.29) is 5.91 Å². The molecule has 1 aromatic carbocycles. The minimum Gasteiger partial charge on any atom is -0.374 e. The number of nitrogens with two attached hydrogens (primary N) is 1. The normalized spacial score (nSPS) is 13.8. The van der Waals surface area contributed by atoms with Crippen LogP contribution >= 0.6 is 0 Å². The maximum Gasteiger partial charge on any atom is 0.225 e. The first-order chi connectivity index (χ1) is 7.70. The quantitative estimate of drug-likeness (QED) is 0.796. The number of amides is 1. The van der Waals surface area contributed by atoms with Crippen molar-refractivity contribution >= 4 is 17.3 Å². The van der Waals surface area contributed by atoms with Gasteiger partial charge in [0.05, 0.1) is 0 Å². The molecule has 4 heteroatoms. The number of likely N-dealkylation sites (N-methyl/N-ethyl adjacent to an activating group) is 1. The largest absolute Gasteiger partial charge is 0.374 e. The van der Waals surface area contributed by atoms with Gasteiger partial charge in [-0.1, -0.05) is 0 Å². The highest BCUT2D eigenvalue weighted by atomic mass is 16.1. The van der Waals surface area contributed by atoms with Crippen LogP contribution in [-0.4, -0.2) is 26.0 Å². The molecule has 0 saturated heterocycles. The Morgan fingerprint density at radius 2 is 2.38 bits per heavy atom. The van der Waals surface area contributed by atoms with E-state index in [2.05, 4.69) is 23.3 Å². The number of carbonyl (C=O) groups is 1. The molecule has 86 valence electrons. The average molecular weight is 219 g/mol. The summed E-state index contributed by atoms with van der Waals surface area (Å²) >= 11 is 0. The van der Waals surface area contributed by atoms with Crippen molar-refractivity contribution in [1.82, 2.24) is 0 Å². The number of nitrogens with zero attached hydrogens (tertiary/aromatic N) is 1. The second-order valence-corrected chi connectivity index (χ2v) is 4.10. The Bertz CT molecular complexity index is 403. The van der Waals surface area contributed by atoms with Crippen LogP contribution < -0.4 is 16.0 Å². The summed E-state index contributed by atoms with van der Waals surface area (Å²) in [5.41, 5.74) is 8.75. The topological polar surface area (TPSA) is 58.4 Å². The molecular formula is C12H17N3O. The second kappa shape index (κ2) is 4.53. The molecule has 0 aliphatic carbocycles. The van der Waals surface area contributed by atoms with Gasteiger partial charge in [0.25, 0.3) is 0 Å². The van der Waals surface area contributed by atoms with Gasteiger partial charge in [0, 0.05) is 37.9 Å². The van der Waals surface area contributed by atoms with E-state index in [9.17, 15) is 4.79 Å². The Labute approximate surface area is 95.4 Å². The lowest BCUT2D eigenvalue weighted by atomic mass is 10.1. The molecule has 0 fully saturated rings. The summed E-state index contributed by atoms with van der Waals surface area (Å²) < 4.78 is 0. The van der Waals surface area contributed by atoms with Crippen molar-refractivity contribution in [3.05, 3.63) is 23.8 Å². The Balaban J connectivity index is 2.10. The summed E-state index contributed by atoms with van der Waals surface area (Å²) in [6.45, 7) is 1.44. The standard InChI is InChI=1S/C12H17N3O/c1-15-7-5-9-8-10(2-3-11(9)15)14-12(16)4-6-13/h2-3,8H,4-7,13H2,1H3,(H,14,16). The Morgan fingerprint density at radius 3 is 3.12 bits per heavy atom. The zero-order chi connectivity index (χ0) is 11.5. The third kappa shape index (κ3) is 2.17. The summed E-state index contributed by atoms with van der Waals surface area (Å²) in [4.78, 5) is 13.6. The lowest BCUT2D eigenvalue weighted by Crippen LogP contribution is -2.16. The lowest BCUT2D eigenvalue weighted by molar-refractivity contribution is -0.116. The van der Waals surface area contributed by atoms with Gasteiger partial charge in [0.1, 0.15) is 0 Å². The smallest absolute Gasteiger partial charge is 0.225 e. The van der Waals surface area contributed by atoms with Crippen LogP contribution in [0, 0.1) is 0 Å². The zero-order valence-electron chi connectivity index (χ0n) is 9.49. The van der Waals surface area contributed by atoms with Crippen LogP contribution in [0.5, 0.6) is 0 Å². The van der Waals surface area contributed by atoms with E-state index in [0.29, 0.717) is 13.0 Å². The fourth-order valence-electron chi connectivity index (χ4n) is 2.00. The molecule has 2 rings (SSSR count). The number of hydrogen-bond acceptors (Lipinski definition) is 3. The molecule has 0 spiro atoms. The SMILES string of the molecule is CN1CCc2cc(NC(=O)CCN)ccc21. The first-order valence-corrected chi connectivity index (χ1v) is 5.54. The van der Waals surface area contributed by atoms with Crippen molar-refractivity contribution in [2.45, 2.75) is 12.8 Å². The van der Waals surface area contributed by atoms with E-state index < -0.39 is 0 Å². The van der Waals surface area contributed by atoms with Crippen molar-refractivity contribution in [2.75, 3.05) is 30.4 Å². The summed E-state index contributed by atoms with van der Waals surface area (Å²) in [6.07, 6.45) is 1.42. The number of carbonyl (C=O) groups excluding carboxylic acids is 1. The molecule has 0 bridgehead atoms. The highest BCUT2D eigenvalue weighted by Gasteiger charge is 2.15. The maximum atomic E-state index is 11.4. The number of hydrogen-bond donors (Lipinski definition) is 2. The lowest BCUT2D eigenvalue weighted by Gasteiger charge is -2.12. The number of rotatable bonds is 3. The van der Waals surface area contributed by atoms with Crippen molar-refractivity contribution in [1.29, 1.82) is 0 Å². The summed E-state index contributed by atoms with van der Waals surface area (Å²) in [6, 6.07) is 6.04. The summed E-state index contributed by atoms with van der Waals surface area (Å²) in [5.74, 6) is -0.0196. The monoisotopic (exact) mass is 219 g/mol. The van der Waals surface area contributed by atoms with Gasteiger partial charge in [0.2, 0.25) is 5.91 Å². The van der Waals surface area contributed by atoms with Crippen LogP contribution in [0.3, 0.4) is 0 Å². The van der Waals surface area contributed by atoms with Crippen molar-refractivity contribution in [3.8, 4) is 0 Å². The Morgan fingerprint density at radius 1 is 1.56 bits per heavy atom. The van der Waals surface area contributed by atoms with Gasteiger partial charge in [-0.15, -0.1) is 0 Å². The second-order valence-electron chi connectivity index (χ2n) is 4.10. The van der Waals surface area contributed by atoms with Gasteiger partial charge >= 0.3 is 0 Å². The highest BCUT2D eigenvalue weighted by Crippen LogP contribution is 2.29. The minimum atomic E-state index is -0.0196. The molecule has 0 atom stereocenters. The van der Waals surface area contributed by atoms with E-state index in [1.165, 1.54) is 11.3 Å². The van der Waals surface area contributed by atoms with Crippen LogP contribution in [0.1, 0.15) is 12.0 Å². The van der Waals surface area contributed by atoms with Crippen molar-refractivity contribution < 1.29 is 4.79 Å². The van der Waals surface area contributed by atoms with Crippen molar-refractivity contribution in [2.24, 2.45) is 5.73 Å². The van der Waals surface area contributed by atoms with Gasteiger partial charge in [-0.2, -0.15) is 0 Å². The molecular weight excluding hydrogens is 202 g/mol. The Kier molecular flexibility index (Phi) is 3.10. The van der Waals surface area contributed by atoms with E-state index in [1.807, 2.05) is 12.1 Å². The van der Waals surface area contributed by atoms with Gasteiger partial charge < -0.3 is 16.0 Å². The average Bonchev–Trinajstić information content (AvgIpc) is 2.60. The van der Waals surface area contributed by atoms with E-state index >= 15 is 0 Å². The number of nitrogens with one attached hydrogen (secondary N) is 1. The molecule has 4 nitrogen and oxygen atoms in total. The van der Waals surface area contributed by atoms with Crippen LogP contribution in [-0.2, 0) is 11.2 Å². The number of fused-ring (bicyclic) bond motifs is 1. The zero-order valence-corrected chi connectivity index (χ0v) is 9.49. The van der Waals surface area contributed by atoms with Gasteiger partial charge in [-0.25, -0.2) is 0 Å². The molecule has 0 radical (unpaired) electrons. The van der Waals surface area contributed by atoms with Gasteiger partial charge in [0.15, 0.2) is 0 Å². The molecule has 0 unspecified atom stereocenters. The third-order valence-electron chi connectivity index (χ3n) is 2.86. The van der Waals surface area contributed by atoms with Crippen LogP contribution in [0.2, 0.25) is 0 Å². The molecule has 3 N–H and O–H groups in total. The minimum absolute atomic E-state index is 0.0196. The number of benzene rings is 1. The molecule has 1 aromatic rings. The third-order valence-corrected chi connectivity index (χ3v) is 2.86. The van der Waals surface area contributed by atoms with Gasteiger partial charge in [-0.05, 0) is 30.2 Å². The fourth-order valence-corrected chi connectivity index (χ4v) is 2.00.